The molecule has 0 aromatic heterocycles. The molecule has 0 aliphatic heterocycles. The molecule has 0 radical (unpaired) electrons. The fourth-order valence-electron chi connectivity index (χ4n) is 2.90. The number of likely N-dealkylation sites (N-methyl/N-ethyl adjacent to an activating group) is 1. The van der Waals surface area contributed by atoms with E-state index >= 15 is 0 Å². The topological polar surface area (TPSA) is 15.3 Å². The van der Waals surface area contributed by atoms with Crippen LogP contribution in [0.1, 0.15) is 59.3 Å². The average Bonchev–Trinajstić information content (AvgIpc) is 2.34. The number of hydrogen-bond donors (Lipinski definition) is 1. The van der Waals surface area contributed by atoms with E-state index in [1.54, 1.807) is 0 Å². The van der Waals surface area contributed by atoms with Gasteiger partial charge in [-0.3, -0.25) is 4.90 Å². The summed E-state index contributed by atoms with van der Waals surface area (Å²) in [6.45, 7) is 9.18. The van der Waals surface area contributed by atoms with E-state index in [0.29, 0.717) is 0 Å². The van der Waals surface area contributed by atoms with Crippen LogP contribution in [0.25, 0.3) is 0 Å². The van der Waals surface area contributed by atoms with Gasteiger partial charge in [-0.1, -0.05) is 40.0 Å². The summed E-state index contributed by atoms with van der Waals surface area (Å²) in [5, 5.41) is 3.61. The number of rotatable bonds is 7. The average molecular weight is 240 g/mol. The van der Waals surface area contributed by atoms with Crippen LogP contribution < -0.4 is 5.32 Å². The lowest BCUT2D eigenvalue weighted by Crippen LogP contribution is -2.46. The molecule has 1 atom stereocenters. The van der Waals surface area contributed by atoms with Crippen LogP contribution in [0.2, 0.25) is 0 Å². The molecule has 0 bridgehead atoms. The molecule has 0 amide bonds. The van der Waals surface area contributed by atoms with Gasteiger partial charge in [0, 0.05) is 18.6 Å². The smallest absolute Gasteiger partial charge is 0.0217 e. The summed E-state index contributed by atoms with van der Waals surface area (Å²) < 4.78 is 0. The van der Waals surface area contributed by atoms with Crippen molar-refractivity contribution in [2.75, 3.05) is 20.1 Å². The largest absolute Gasteiger partial charge is 0.315 e. The van der Waals surface area contributed by atoms with Gasteiger partial charge in [-0.2, -0.15) is 0 Å². The van der Waals surface area contributed by atoms with Crippen molar-refractivity contribution in [2.45, 2.75) is 71.4 Å². The Balaban J connectivity index is 2.31. The molecule has 17 heavy (non-hydrogen) atoms. The first-order valence-corrected chi connectivity index (χ1v) is 7.57. The van der Waals surface area contributed by atoms with Gasteiger partial charge in [-0.25, -0.2) is 0 Å². The van der Waals surface area contributed by atoms with Crippen molar-refractivity contribution in [3.63, 3.8) is 0 Å². The second kappa shape index (κ2) is 8.10. The summed E-state index contributed by atoms with van der Waals surface area (Å²) in [5.41, 5.74) is 0. The molecule has 1 N–H and O–H groups in total. The molecule has 1 fully saturated rings. The molecule has 102 valence electrons. The van der Waals surface area contributed by atoms with E-state index in [0.717, 1.165) is 31.1 Å². The van der Waals surface area contributed by atoms with Crippen LogP contribution in [0.15, 0.2) is 0 Å². The maximum atomic E-state index is 3.61. The van der Waals surface area contributed by atoms with Crippen LogP contribution in [-0.2, 0) is 0 Å². The van der Waals surface area contributed by atoms with Gasteiger partial charge in [0.2, 0.25) is 0 Å². The minimum absolute atomic E-state index is 0.719. The van der Waals surface area contributed by atoms with E-state index in [4.69, 9.17) is 0 Å². The Bertz CT molecular complexity index is 185. The molecule has 1 aliphatic rings. The third kappa shape index (κ3) is 5.39. The lowest BCUT2D eigenvalue weighted by Gasteiger charge is -2.37. The molecule has 0 saturated heterocycles. The monoisotopic (exact) mass is 240 g/mol. The first-order chi connectivity index (χ1) is 8.15. The molecule has 0 heterocycles. The molecule has 1 unspecified atom stereocenters. The summed E-state index contributed by atoms with van der Waals surface area (Å²) in [6.07, 6.45) is 8.41. The van der Waals surface area contributed by atoms with Crippen molar-refractivity contribution < 1.29 is 0 Å². The predicted molar refractivity (Wildman–Crippen MR) is 76.4 cm³/mol. The van der Waals surface area contributed by atoms with E-state index in [9.17, 15) is 0 Å². The summed E-state index contributed by atoms with van der Waals surface area (Å²) in [6, 6.07) is 1.56. The second-order valence-corrected chi connectivity index (χ2v) is 6.07. The minimum atomic E-state index is 0.719. The van der Waals surface area contributed by atoms with Gasteiger partial charge in [0.1, 0.15) is 0 Å². The van der Waals surface area contributed by atoms with E-state index in [1.807, 2.05) is 0 Å². The Morgan fingerprint density at radius 2 is 1.76 bits per heavy atom. The molecule has 0 aromatic carbocycles. The first-order valence-electron chi connectivity index (χ1n) is 7.57. The highest BCUT2D eigenvalue weighted by molar-refractivity contribution is 4.80. The lowest BCUT2D eigenvalue weighted by molar-refractivity contribution is 0.131. The van der Waals surface area contributed by atoms with Crippen molar-refractivity contribution >= 4 is 0 Å². The Kier molecular flexibility index (Phi) is 7.14. The van der Waals surface area contributed by atoms with Crippen molar-refractivity contribution in [1.82, 2.24) is 10.2 Å². The van der Waals surface area contributed by atoms with E-state index < -0.39 is 0 Å². The standard InChI is InChI=1S/C15H32N2/c1-5-14(12-16-11-13(2)3)17(4)15-9-7-6-8-10-15/h13-16H,5-12H2,1-4H3. The van der Waals surface area contributed by atoms with Crippen molar-refractivity contribution in [3.8, 4) is 0 Å². The second-order valence-electron chi connectivity index (χ2n) is 6.07. The zero-order chi connectivity index (χ0) is 12.7. The SMILES string of the molecule is CCC(CNCC(C)C)N(C)C1CCCCC1. The predicted octanol–water partition coefficient (Wildman–Crippen LogP) is 3.28. The van der Waals surface area contributed by atoms with E-state index in [-0.39, 0.29) is 0 Å². The van der Waals surface area contributed by atoms with Crippen LogP contribution in [0.5, 0.6) is 0 Å². The van der Waals surface area contributed by atoms with Gasteiger partial charge in [0.15, 0.2) is 0 Å². The number of nitrogens with one attached hydrogen (secondary N) is 1. The van der Waals surface area contributed by atoms with E-state index in [2.05, 4.69) is 38.0 Å². The fourth-order valence-corrected chi connectivity index (χ4v) is 2.90. The molecular formula is C15H32N2. The Morgan fingerprint density at radius 3 is 2.29 bits per heavy atom. The zero-order valence-corrected chi connectivity index (χ0v) is 12.3. The molecule has 1 saturated carbocycles. The third-order valence-electron chi connectivity index (χ3n) is 4.13. The highest BCUT2D eigenvalue weighted by Gasteiger charge is 2.23. The maximum Gasteiger partial charge on any atom is 0.0217 e. The third-order valence-corrected chi connectivity index (χ3v) is 4.13. The Hall–Kier alpha value is -0.0800. The Labute approximate surface area is 108 Å². The number of hydrogen-bond acceptors (Lipinski definition) is 2. The molecular weight excluding hydrogens is 208 g/mol. The van der Waals surface area contributed by atoms with Crippen LogP contribution >= 0.6 is 0 Å². The molecule has 0 spiro atoms. The quantitative estimate of drug-likeness (QED) is 0.735. The van der Waals surface area contributed by atoms with Gasteiger partial charge in [0.25, 0.3) is 0 Å². The highest BCUT2D eigenvalue weighted by Crippen LogP contribution is 2.23. The van der Waals surface area contributed by atoms with Crippen molar-refractivity contribution in [3.05, 3.63) is 0 Å². The van der Waals surface area contributed by atoms with Crippen LogP contribution in [0, 0.1) is 5.92 Å². The minimum Gasteiger partial charge on any atom is -0.315 e. The van der Waals surface area contributed by atoms with E-state index in [1.165, 1.54) is 38.5 Å². The van der Waals surface area contributed by atoms with Crippen molar-refractivity contribution in [1.29, 1.82) is 0 Å². The summed E-state index contributed by atoms with van der Waals surface area (Å²) in [7, 11) is 2.33. The van der Waals surface area contributed by atoms with Gasteiger partial charge in [0.05, 0.1) is 0 Å². The summed E-state index contributed by atoms with van der Waals surface area (Å²) in [5.74, 6) is 0.757. The van der Waals surface area contributed by atoms with Gasteiger partial charge in [-0.15, -0.1) is 0 Å². The van der Waals surface area contributed by atoms with Crippen LogP contribution in [0.4, 0.5) is 0 Å². The van der Waals surface area contributed by atoms with Gasteiger partial charge in [-0.05, 0) is 38.8 Å². The van der Waals surface area contributed by atoms with Gasteiger partial charge < -0.3 is 5.32 Å². The number of nitrogens with zero attached hydrogens (tertiary/aromatic N) is 1. The zero-order valence-electron chi connectivity index (χ0n) is 12.3. The Morgan fingerprint density at radius 1 is 1.12 bits per heavy atom. The normalized spacial score (nSPS) is 20.1. The van der Waals surface area contributed by atoms with Crippen LogP contribution in [0.3, 0.4) is 0 Å². The van der Waals surface area contributed by atoms with Crippen LogP contribution in [-0.4, -0.2) is 37.1 Å². The fraction of sp³-hybridized carbons (Fsp3) is 1.00. The summed E-state index contributed by atoms with van der Waals surface area (Å²) in [4.78, 5) is 2.65. The lowest BCUT2D eigenvalue weighted by atomic mass is 9.93. The highest BCUT2D eigenvalue weighted by atomic mass is 15.2. The molecule has 2 heteroatoms. The molecule has 2 nitrogen and oxygen atoms in total. The molecule has 0 aromatic rings. The maximum absolute atomic E-state index is 3.61. The summed E-state index contributed by atoms with van der Waals surface area (Å²) >= 11 is 0. The first kappa shape index (κ1) is 15.0. The molecule has 1 rings (SSSR count). The molecule has 1 aliphatic carbocycles. The van der Waals surface area contributed by atoms with Crippen molar-refractivity contribution in [2.24, 2.45) is 5.92 Å². The van der Waals surface area contributed by atoms with Gasteiger partial charge >= 0.3 is 0 Å².